The van der Waals surface area contributed by atoms with E-state index in [2.05, 4.69) is 0 Å². The molecular formula is C14H12Cl2O4S. The molecule has 0 unspecified atom stereocenters. The molecule has 2 aromatic carbocycles. The molecule has 0 aromatic heterocycles. The molecule has 0 atom stereocenters. The van der Waals surface area contributed by atoms with E-state index >= 15 is 0 Å². The van der Waals surface area contributed by atoms with Crippen molar-refractivity contribution in [3.05, 3.63) is 46.4 Å². The number of rotatable bonds is 4. The lowest BCUT2D eigenvalue weighted by molar-refractivity contribution is 0.392. The molecular weight excluding hydrogens is 335 g/mol. The van der Waals surface area contributed by atoms with Crippen LogP contribution in [0.1, 0.15) is 0 Å². The first-order valence-electron chi connectivity index (χ1n) is 5.82. The van der Waals surface area contributed by atoms with Gasteiger partial charge in [-0.05, 0) is 30.3 Å². The SMILES string of the molecule is COc1ccc(OC)c(S(=O)(=O)c2ccc(Cl)c(Cl)c2)c1. The molecule has 0 N–H and O–H groups in total. The summed E-state index contributed by atoms with van der Waals surface area (Å²) in [6.45, 7) is 0. The monoisotopic (exact) mass is 346 g/mol. The Bertz CT molecular complexity index is 773. The van der Waals surface area contributed by atoms with Crippen LogP contribution in [-0.2, 0) is 9.84 Å². The molecule has 0 heterocycles. The van der Waals surface area contributed by atoms with Gasteiger partial charge in [0.15, 0.2) is 0 Å². The van der Waals surface area contributed by atoms with Crippen LogP contribution in [0.4, 0.5) is 0 Å². The highest BCUT2D eigenvalue weighted by molar-refractivity contribution is 7.91. The van der Waals surface area contributed by atoms with Crippen molar-refractivity contribution in [2.45, 2.75) is 9.79 Å². The van der Waals surface area contributed by atoms with Gasteiger partial charge < -0.3 is 9.47 Å². The lowest BCUT2D eigenvalue weighted by Crippen LogP contribution is -2.05. The van der Waals surface area contributed by atoms with Crippen LogP contribution in [0.3, 0.4) is 0 Å². The van der Waals surface area contributed by atoms with Crippen molar-refractivity contribution in [1.29, 1.82) is 0 Å². The Morgan fingerprint density at radius 1 is 0.905 bits per heavy atom. The first kappa shape index (κ1) is 15.9. The second kappa shape index (κ2) is 6.13. The maximum absolute atomic E-state index is 12.7. The van der Waals surface area contributed by atoms with Crippen molar-refractivity contribution >= 4 is 33.0 Å². The zero-order chi connectivity index (χ0) is 15.6. The Balaban J connectivity index is 2.65. The molecule has 0 aliphatic rings. The summed E-state index contributed by atoms with van der Waals surface area (Å²) in [5.41, 5.74) is 0. The summed E-state index contributed by atoms with van der Waals surface area (Å²) in [4.78, 5) is 0.0335. The second-order valence-corrected chi connectivity index (χ2v) is 6.83. The molecule has 112 valence electrons. The van der Waals surface area contributed by atoms with Gasteiger partial charge in [-0.25, -0.2) is 8.42 Å². The Hall–Kier alpha value is -1.43. The van der Waals surface area contributed by atoms with Gasteiger partial charge in [-0.2, -0.15) is 0 Å². The third-order valence-corrected chi connectivity index (χ3v) is 5.37. The Labute approximate surface area is 133 Å². The van der Waals surface area contributed by atoms with Crippen LogP contribution in [0, 0.1) is 0 Å². The van der Waals surface area contributed by atoms with Gasteiger partial charge in [0.1, 0.15) is 16.4 Å². The van der Waals surface area contributed by atoms with Crippen molar-refractivity contribution in [3.63, 3.8) is 0 Å². The van der Waals surface area contributed by atoms with E-state index in [1.165, 1.54) is 44.6 Å². The number of benzene rings is 2. The Kier molecular flexibility index (Phi) is 4.66. The van der Waals surface area contributed by atoms with E-state index in [-0.39, 0.29) is 25.6 Å². The lowest BCUT2D eigenvalue weighted by Gasteiger charge is -2.11. The van der Waals surface area contributed by atoms with E-state index in [0.717, 1.165) is 0 Å². The van der Waals surface area contributed by atoms with Crippen LogP contribution < -0.4 is 9.47 Å². The zero-order valence-electron chi connectivity index (χ0n) is 11.3. The number of hydrogen-bond donors (Lipinski definition) is 0. The molecule has 0 bridgehead atoms. The molecule has 2 rings (SSSR count). The molecule has 0 fully saturated rings. The number of hydrogen-bond acceptors (Lipinski definition) is 4. The minimum absolute atomic E-state index is 0.00254. The van der Waals surface area contributed by atoms with Crippen molar-refractivity contribution in [2.75, 3.05) is 14.2 Å². The predicted octanol–water partition coefficient (Wildman–Crippen LogP) is 3.84. The van der Waals surface area contributed by atoms with Crippen molar-refractivity contribution < 1.29 is 17.9 Å². The van der Waals surface area contributed by atoms with Crippen LogP contribution in [0.15, 0.2) is 46.2 Å². The standard InChI is InChI=1S/C14H12Cl2O4S/c1-19-9-3-6-13(20-2)14(7-9)21(17,18)10-4-5-11(15)12(16)8-10/h3-8H,1-2H3. The fraction of sp³-hybridized carbons (Fsp3) is 0.143. The highest BCUT2D eigenvalue weighted by atomic mass is 35.5. The highest BCUT2D eigenvalue weighted by Crippen LogP contribution is 2.34. The van der Waals surface area contributed by atoms with Gasteiger partial charge in [0.25, 0.3) is 0 Å². The normalized spacial score (nSPS) is 11.2. The Morgan fingerprint density at radius 3 is 2.19 bits per heavy atom. The first-order chi connectivity index (χ1) is 9.90. The van der Waals surface area contributed by atoms with Crippen LogP contribution in [0.2, 0.25) is 10.0 Å². The van der Waals surface area contributed by atoms with E-state index in [1.807, 2.05) is 0 Å². The first-order valence-corrected chi connectivity index (χ1v) is 8.06. The van der Waals surface area contributed by atoms with E-state index < -0.39 is 9.84 Å². The average molecular weight is 347 g/mol. The number of ether oxygens (including phenoxy) is 2. The van der Waals surface area contributed by atoms with Gasteiger partial charge in [0, 0.05) is 6.07 Å². The minimum atomic E-state index is -3.80. The summed E-state index contributed by atoms with van der Waals surface area (Å²) in [5, 5.41) is 0.452. The largest absolute Gasteiger partial charge is 0.497 e. The number of methoxy groups -OCH3 is 2. The smallest absolute Gasteiger partial charge is 0.210 e. The van der Waals surface area contributed by atoms with Crippen molar-refractivity contribution in [3.8, 4) is 11.5 Å². The van der Waals surface area contributed by atoms with Crippen LogP contribution in [0.5, 0.6) is 11.5 Å². The lowest BCUT2D eigenvalue weighted by atomic mass is 10.3. The second-order valence-electron chi connectivity index (χ2n) is 4.10. The fourth-order valence-corrected chi connectivity index (χ4v) is 3.59. The molecule has 0 spiro atoms. The van der Waals surface area contributed by atoms with Crippen molar-refractivity contribution in [2.24, 2.45) is 0 Å². The predicted molar refractivity (Wildman–Crippen MR) is 81.5 cm³/mol. The molecule has 0 radical (unpaired) electrons. The van der Waals surface area contributed by atoms with E-state index in [9.17, 15) is 8.42 Å². The molecule has 0 amide bonds. The highest BCUT2D eigenvalue weighted by Gasteiger charge is 2.23. The van der Waals surface area contributed by atoms with E-state index in [4.69, 9.17) is 32.7 Å². The van der Waals surface area contributed by atoms with Crippen molar-refractivity contribution in [1.82, 2.24) is 0 Å². The fourth-order valence-electron chi connectivity index (χ4n) is 1.76. The van der Waals surface area contributed by atoms with Crippen LogP contribution >= 0.6 is 23.2 Å². The van der Waals surface area contributed by atoms with E-state index in [0.29, 0.717) is 5.75 Å². The Morgan fingerprint density at radius 2 is 1.62 bits per heavy atom. The van der Waals surface area contributed by atoms with Gasteiger partial charge >= 0.3 is 0 Å². The number of halogens is 2. The third kappa shape index (κ3) is 3.10. The molecule has 7 heteroatoms. The molecule has 0 aliphatic heterocycles. The summed E-state index contributed by atoms with van der Waals surface area (Å²) in [6.07, 6.45) is 0. The maximum Gasteiger partial charge on any atom is 0.210 e. The van der Waals surface area contributed by atoms with Gasteiger partial charge in [-0.15, -0.1) is 0 Å². The average Bonchev–Trinajstić information content (AvgIpc) is 2.49. The van der Waals surface area contributed by atoms with Gasteiger partial charge in [-0.1, -0.05) is 23.2 Å². The van der Waals surface area contributed by atoms with E-state index in [1.54, 1.807) is 6.07 Å². The zero-order valence-corrected chi connectivity index (χ0v) is 13.6. The summed E-state index contributed by atoms with van der Waals surface area (Å²) in [7, 11) is -0.947. The minimum Gasteiger partial charge on any atom is -0.497 e. The third-order valence-electron chi connectivity index (χ3n) is 2.86. The van der Waals surface area contributed by atoms with Crippen LogP contribution in [0.25, 0.3) is 0 Å². The summed E-state index contributed by atoms with van der Waals surface area (Å²) in [6, 6.07) is 8.68. The summed E-state index contributed by atoms with van der Waals surface area (Å²) >= 11 is 11.7. The topological polar surface area (TPSA) is 52.6 Å². The summed E-state index contributed by atoms with van der Waals surface area (Å²) < 4.78 is 35.6. The van der Waals surface area contributed by atoms with Gasteiger partial charge in [0.05, 0.1) is 29.2 Å². The maximum atomic E-state index is 12.7. The van der Waals surface area contributed by atoms with Gasteiger partial charge in [0.2, 0.25) is 9.84 Å². The van der Waals surface area contributed by atoms with Crippen LogP contribution in [-0.4, -0.2) is 22.6 Å². The molecule has 0 saturated carbocycles. The molecule has 0 saturated heterocycles. The molecule has 21 heavy (non-hydrogen) atoms. The molecule has 2 aromatic rings. The molecule has 0 aliphatic carbocycles. The summed E-state index contributed by atoms with van der Waals surface area (Å²) in [5.74, 6) is 0.635. The molecule has 4 nitrogen and oxygen atoms in total. The van der Waals surface area contributed by atoms with Gasteiger partial charge in [-0.3, -0.25) is 0 Å². The quantitative estimate of drug-likeness (QED) is 0.843. The number of sulfone groups is 1.